The highest BCUT2D eigenvalue weighted by molar-refractivity contribution is 5.58. The second kappa shape index (κ2) is 4.61. The first kappa shape index (κ1) is 11.3. The molecule has 0 spiro atoms. The Morgan fingerprint density at radius 2 is 1.87 bits per heavy atom. The van der Waals surface area contributed by atoms with Crippen LogP contribution in [0.4, 0.5) is 5.69 Å². The van der Waals surface area contributed by atoms with Crippen LogP contribution >= 0.6 is 0 Å². The molecule has 0 amide bonds. The number of benzene rings is 1. The summed E-state index contributed by atoms with van der Waals surface area (Å²) in [5.74, 6) is 0.370. The summed E-state index contributed by atoms with van der Waals surface area (Å²) >= 11 is 0. The van der Waals surface area contributed by atoms with E-state index in [0.717, 1.165) is 0 Å². The van der Waals surface area contributed by atoms with Crippen molar-refractivity contribution in [1.82, 2.24) is 0 Å². The van der Waals surface area contributed by atoms with Crippen molar-refractivity contribution in [3.05, 3.63) is 27.8 Å². The van der Waals surface area contributed by atoms with E-state index in [0.29, 0.717) is 0 Å². The normalized spacial score (nSPS) is 9.80. The van der Waals surface area contributed by atoms with Crippen molar-refractivity contribution in [1.29, 1.82) is 0 Å². The van der Waals surface area contributed by atoms with Crippen molar-refractivity contribution >= 4 is 5.69 Å². The van der Waals surface area contributed by atoms with Crippen LogP contribution in [0.15, 0.2) is 12.1 Å². The quantitative estimate of drug-likeness (QED) is 0.598. The van der Waals surface area contributed by atoms with E-state index in [1.807, 2.05) is 0 Å². The SMILES string of the molecule is COc1ccc(OC)c([N+](=O)[O-])c1CO. The van der Waals surface area contributed by atoms with Crippen molar-refractivity contribution in [2.75, 3.05) is 14.2 Å². The number of aliphatic hydroxyl groups is 1. The van der Waals surface area contributed by atoms with Crippen LogP contribution in [-0.4, -0.2) is 24.2 Å². The Morgan fingerprint density at radius 1 is 1.33 bits per heavy atom. The first-order valence-electron chi connectivity index (χ1n) is 4.14. The van der Waals surface area contributed by atoms with Crippen molar-refractivity contribution in [2.24, 2.45) is 0 Å². The third-order valence-electron chi connectivity index (χ3n) is 1.98. The number of ether oxygens (including phenoxy) is 2. The van der Waals surface area contributed by atoms with E-state index >= 15 is 0 Å². The molecule has 6 heteroatoms. The average molecular weight is 213 g/mol. The number of nitrogens with zero attached hydrogens (tertiary/aromatic N) is 1. The zero-order valence-electron chi connectivity index (χ0n) is 8.39. The minimum atomic E-state index is -0.604. The topological polar surface area (TPSA) is 81.8 Å². The first-order chi connectivity index (χ1) is 7.15. The van der Waals surface area contributed by atoms with Gasteiger partial charge in [0.2, 0.25) is 0 Å². The predicted octanol–water partition coefficient (Wildman–Crippen LogP) is 1.10. The molecule has 1 N–H and O–H groups in total. The maximum absolute atomic E-state index is 10.8. The number of nitro groups is 1. The van der Waals surface area contributed by atoms with Gasteiger partial charge >= 0.3 is 5.69 Å². The Morgan fingerprint density at radius 3 is 2.27 bits per heavy atom. The minimum absolute atomic E-state index is 0.102. The van der Waals surface area contributed by atoms with Gasteiger partial charge in [-0.15, -0.1) is 0 Å². The fraction of sp³-hybridized carbons (Fsp3) is 0.333. The lowest BCUT2D eigenvalue weighted by molar-refractivity contribution is -0.386. The van der Waals surface area contributed by atoms with Crippen LogP contribution in [0.2, 0.25) is 0 Å². The standard InChI is InChI=1S/C9H11NO5/c1-14-7-3-4-8(15-2)9(10(12)13)6(7)5-11/h3-4,11H,5H2,1-2H3. The van der Waals surface area contributed by atoms with E-state index in [9.17, 15) is 10.1 Å². The molecule has 1 rings (SSSR count). The predicted molar refractivity (Wildman–Crippen MR) is 52.1 cm³/mol. The molecular formula is C9H11NO5. The molecule has 1 aromatic carbocycles. The van der Waals surface area contributed by atoms with Gasteiger partial charge in [0.1, 0.15) is 11.3 Å². The van der Waals surface area contributed by atoms with Crippen molar-refractivity contribution < 1.29 is 19.5 Å². The van der Waals surface area contributed by atoms with Crippen LogP contribution in [0.5, 0.6) is 11.5 Å². The lowest BCUT2D eigenvalue weighted by Gasteiger charge is -2.09. The smallest absolute Gasteiger partial charge is 0.320 e. The summed E-state index contributed by atoms with van der Waals surface area (Å²) in [6, 6.07) is 2.94. The fourth-order valence-corrected chi connectivity index (χ4v) is 1.31. The Kier molecular flexibility index (Phi) is 3.46. The third kappa shape index (κ3) is 1.99. The zero-order valence-corrected chi connectivity index (χ0v) is 8.39. The molecular weight excluding hydrogens is 202 g/mol. The maximum atomic E-state index is 10.8. The van der Waals surface area contributed by atoms with E-state index in [-0.39, 0.29) is 22.7 Å². The fourth-order valence-electron chi connectivity index (χ4n) is 1.31. The Labute approximate surface area is 86.2 Å². The summed E-state index contributed by atoms with van der Waals surface area (Å²) in [6.45, 7) is -0.476. The van der Waals surface area contributed by atoms with Gasteiger partial charge in [0.15, 0.2) is 5.75 Å². The van der Waals surface area contributed by atoms with E-state index < -0.39 is 11.5 Å². The molecule has 0 fully saturated rings. The molecule has 15 heavy (non-hydrogen) atoms. The van der Waals surface area contributed by atoms with Gasteiger partial charge in [-0.3, -0.25) is 10.1 Å². The zero-order chi connectivity index (χ0) is 11.4. The molecule has 0 bridgehead atoms. The average Bonchev–Trinajstić information content (AvgIpc) is 2.26. The van der Waals surface area contributed by atoms with E-state index in [2.05, 4.69) is 0 Å². The molecule has 0 saturated heterocycles. The molecule has 0 aliphatic heterocycles. The highest BCUT2D eigenvalue weighted by Gasteiger charge is 2.23. The molecule has 0 saturated carbocycles. The highest BCUT2D eigenvalue weighted by Crippen LogP contribution is 2.36. The number of aliphatic hydroxyl groups excluding tert-OH is 1. The van der Waals surface area contributed by atoms with Gasteiger partial charge in [-0.1, -0.05) is 0 Å². The minimum Gasteiger partial charge on any atom is -0.496 e. The number of methoxy groups -OCH3 is 2. The third-order valence-corrected chi connectivity index (χ3v) is 1.98. The van der Waals surface area contributed by atoms with E-state index in [4.69, 9.17) is 14.6 Å². The molecule has 0 aliphatic rings. The van der Waals surface area contributed by atoms with Crippen LogP contribution in [-0.2, 0) is 6.61 Å². The van der Waals surface area contributed by atoms with Gasteiger partial charge in [-0.05, 0) is 12.1 Å². The molecule has 0 aliphatic carbocycles. The largest absolute Gasteiger partial charge is 0.496 e. The highest BCUT2D eigenvalue weighted by atomic mass is 16.6. The van der Waals surface area contributed by atoms with Gasteiger partial charge in [-0.25, -0.2) is 0 Å². The molecule has 0 atom stereocenters. The molecule has 0 heterocycles. The van der Waals surface area contributed by atoms with E-state index in [1.54, 1.807) is 0 Å². The second-order valence-corrected chi connectivity index (χ2v) is 2.71. The van der Waals surface area contributed by atoms with Crippen molar-refractivity contribution in [2.45, 2.75) is 6.61 Å². The molecule has 0 aromatic heterocycles. The van der Waals surface area contributed by atoms with Crippen LogP contribution in [0, 0.1) is 10.1 Å². The summed E-state index contributed by atoms with van der Waals surface area (Å²) in [4.78, 5) is 10.2. The molecule has 0 radical (unpaired) electrons. The molecule has 1 aromatic rings. The lowest BCUT2D eigenvalue weighted by Crippen LogP contribution is -2.01. The van der Waals surface area contributed by atoms with Crippen molar-refractivity contribution in [3.63, 3.8) is 0 Å². The number of hydrogen-bond acceptors (Lipinski definition) is 5. The van der Waals surface area contributed by atoms with E-state index in [1.165, 1.54) is 26.4 Å². The van der Waals surface area contributed by atoms with Crippen LogP contribution in [0.25, 0.3) is 0 Å². The Bertz CT molecular complexity index is 377. The van der Waals surface area contributed by atoms with Crippen molar-refractivity contribution in [3.8, 4) is 11.5 Å². The number of rotatable bonds is 4. The van der Waals surface area contributed by atoms with Gasteiger partial charge in [-0.2, -0.15) is 0 Å². The van der Waals surface area contributed by atoms with Gasteiger partial charge in [0.25, 0.3) is 0 Å². The molecule has 6 nitrogen and oxygen atoms in total. The monoisotopic (exact) mass is 213 g/mol. The van der Waals surface area contributed by atoms with Crippen LogP contribution in [0.3, 0.4) is 0 Å². The molecule has 0 unspecified atom stereocenters. The summed E-state index contributed by atoms with van der Waals surface area (Å²) in [6.07, 6.45) is 0. The second-order valence-electron chi connectivity index (χ2n) is 2.71. The van der Waals surface area contributed by atoms with Gasteiger partial charge in [0.05, 0.1) is 25.7 Å². The maximum Gasteiger partial charge on any atom is 0.320 e. The molecule has 82 valence electrons. The first-order valence-corrected chi connectivity index (χ1v) is 4.14. The number of nitro benzene ring substituents is 1. The lowest BCUT2D eigenvalue weighted by atomic mass is 10.1. The van der Waals surface area contributed by atoms with Gasteiger partial charge in [0, 0.05) is 0 Å². The Balaban J connectivity index is 3.44. The summed E-state index contributed by atoms with van der Waals surface area (Å²) in [7, 11) is 2.71. The van der Waals surface area contributed by atoms with Crippen LogP contribution in [0.1, 0.15) is 5.56 Å². The summed E-state index contributed by atoms with van der Waals surface area (Å²) < 4.78 is 9.75. The summed E-state index contributed by atoms with van der Waals surface area (Å²) in [5, 5.41) is 19.8. The van der Waals surface area contributed by atoms with Crippen LogP contribution < -0.4 is 9.47 Å². The number of hydrogen-bond donors (Lipinski definition) is 1. The van der Waals surface area contributed by atoms with Gasteiger partial charge < -0.3 is 14.6 Å². The summed E-state index contributed by atoms with van der Waals surface area (Å²) in [5.41, 5.74) is -0.152. The Hall–Kier alpha value is -1.82.